The Morgan fingerprint density at radius 3 is 2.42 bits per heavy atom. The van der Waals surface area contributed by atoms with Gasteiger partial charge < -0.3 is 10.0 Å². The first-order valence-corrected chi connectivity index (χ1v) is 11.5. The van der Waals surface area contributed by atoms with E-state index < -0.39 is 5.60 Å². The van der Waals surface area contributed by atoms with Crippen molar-refractivity contribution in [2.24, 2.45) is 0 Å². The summed E-state index contributed by atoms with van der Waals surface area (Å²) in [7, 11) is 0. The number of carbonyl (C=O) groups excluding carboxylic acids is 1. The maximum absolute atomic E-state index is 13.5. The lowest BCUT2D eigenvalue weighted by atomic mass is 9.98. The number of aromatic nitrogens is 2. The average Bonchev–Trinajstić information content (AvgIpc) is 3.02. The third-order valence-corrected chi connectivity index (χ3v) is 6.21. The summed E-state index contributed by atoms with van der Waals surface area (Å²) >= 11 is 0. The molecule has 2 heterocycles. The van der Waals surface area contributed by atoms with Gasteiger partial charge in [0, 0.05) is 43.0 Å². The fourth-order valence-corrected chi connectivity index (χ4v) is 4.66. The van der Waals surface area contributed by atoms with Crippen molar-refractivity contribution in [3.05, 3.63) is 52.8 Å². The molecule has 0 radical (unpaired) electrons. The van der Waals surface area contributed by atoms with Crippen LogP contribution in [0.5, 0.6) is 0 Å². The first-order chi connectivity index (χ1) is 14.6. The van der Waals surface area contributed by atoms with Gasteiger partial charge in [-0.15, -0.1) is 0 Å². The molecular weight excluding hydrogens is 388 g/mol. The second-order valence-corrected chi connectivity index (χ2v) is 9.61. The Bertz CT molecular complexity index is 899. The normalized spacial score (nSPS) is 20.3. The zero-order chi connectivity index (χ0) is 22.8. The number of nitrogens with zero attached hydrogens (tertiary/aromatic N) is 4. The SMILES string of the molecule is CC[C@@H]1CN(C(=O)c2cccc(Cn3nc(C)cc3C)c2)[C@@H](CC)CN1CC(C)(C)O. The molecule has 1 fully saturated rings. The molecule has 1 aliphatic rings. The highest BCUT2D eigenvalue weighted by atomic mass is 16.3. The molecule has 1 saturated heterocycles. The van der Waals surface area contributed by atoms with Crippen LogP contribution in [-0.2, 0) is 6.54 Å². The van der Waals surface area contributed by atoms with Crippen molar-refractivity contribution in [2.75, 3.05) is 19.6 Å². The summed E-state index contributed by atoms with van der Waals surface area (Å²) in [5.74, 6) is 0.100. The molecule has 6 nitrogen and oxygen atoms in total. The Kier molecular flexibility index (Phi) is 7.22. The van der Waals surface area contributed by atoms with Crippen LogP contribution in [0, 0.1) is 13.8 Å². The number of aryl methyl sites for hydroxylation is 2. The minimum atomic E-state index is -0.741. The number of piperazine rings is 1. The lowest BCUT2D eigenvalue weighted by molar-refractivity contribution is -0.0237. The zero-order valence-electron chi connectivity index (χ0n) is 19.9. The van der Waals surface area contributed by atoms with Crippen LogP contribution in [0.1, 0.15) is 67.8 Å². The molecule has 170 valence electrons. The second-order valence-electron chi connectivity index (χ2n) is 9.61. The molecule has 6 heteroatoms. The van der Waals surface area contributed by atoms with Crippen LogP contribution < -0.4 is 0 Å². The first-order valence-electron chi connectivity index (χ1n) is 11.5. The lowest BCUT2D eigenvalue weighted by Gasteiger charge is -2.47. The van der Waals surface area contributed by atoms with Gasteiger partial charge in [0.15, 0.2) is 0 Å². The largest absolute Gasteiger partial charge is 0.389 e. The molecule has 1 amide bonds. The van der Waals surface area contributed by atoms with E-state index >= 15 is 0 Å². The molecule has 31 heavy (non-hydrogen) atoms. The van der Waals surface area contributed by atoms with Gasteiger partial charge in [-0.1, -0.05) is 26.0 Å². The predicted molar refractivity (Wildman–Crippen MR) is 124 cm³/mol. The Balaban J connectivity index is 1.79. The molecule has 1 aromatic heterocycles. The van der Waals surface area contributed by atoms with Crippen molar-refractivity contribution in [2.45, 2.75) is 78.6 Å². The summed E-state index contributed by atoms with van der Waals surface area (Å²) in [6.45, 7) is 14.8. The molecular formula is C25H38N4O2. The van der Waals surface area contributed by atoms with Gasteiger partial charge in [-0.2, -0.15) is 5.10 Å². The van der Waals surface area contributed by atoms with Gasteiger partial charge in [0.2, 0.25) is 0 Å². The van der Waals surface area contributed by atoms with E-state index in [1.165, 1.54) is 0 Å². The predicted octanol–water partition coefficient (Wildman–Crippen LogP) is 3.63. The summed E-state index contributed by atoms with van der Waals surface area (Å²) in [6.07, 6.45) is 1.85. The molecule has 0 saturated carbocycles. The fraction of sp³-hybridized carbons (Fsp3) is 0.600. The van der Waals surface area contributed by atoms with Crippen molar-refractivity contribution >= 4 is 5.91 Å². The van der Waals surface area contributed by atoms with Gasteiger partial charge in [0.05, 0.1) is 17.8 Å². The Morgan fingerprint density at radius 2 is 1.84 bits per heavy atom. The Morgan fingerprint density at radius 1 is 1.13 bits per heavy atom. The number of aliphatic hydroxyl groups is 1. The molecule has 0 unspecified atom stereocenters. The highest BCUT2D eigenvalue weighted by Gasteiger charge is 2.36. The maximum atomic E-state index is 13.5. The van der Waals surface area contributed by atoms with E-state index in [2.05, 4.69) is 47.8 Å². The highest BCUT2D eigenvalue weighted by Crippen LogP contribution is 2.24. The van der Waals surface area contributed by atoms with Crippen molar-refractivity contribution in [1.82, 2.24) is 19.6 Å². The molecule has 2 aromatic rings. The number of β-amino-alcohol motifs (C(OH)–C–C–N with tert-alkyl or cyclic N) is 1. The highest BCUT2D eigenvalue weighted by molar-refractivity contribution is 5.94. The quantitative estimate of drug-likeness (QED) is 0.734. The minimum absolute atomic E-state index is 0.100. The van der Waals surface area contributed by atoms with Crippen LogP contribution in [-0.4, -0.2) is 67.9 Å². The number of hydrogen-bond donors (Lipinski definition) is 1. The van der Waals surface area contributed by atoms with E-state index in [1.807, 2.05) is 43.7 Å². The first kappa shape index (κ1) is 23.5. The van der Waals surface area contributed by atoms with Gasteiger partial charge in [0.25, 0.3) is 5.91 Å². The van der Waals surface area contributed by atoms with Crippen LogP contribution in [0.15, 0.2) is 30.3 Å². The van der Waals surface area contributed by atoms with E-state index in [1.54, 1.807) is 0 Å². The van der Waals surface area contributed by atoms with E-state index in [0.29, 0.717) is 19.6 Å². The third kappa shape index (κ3) is 5.74. The monoisotopic (exact) mass is 426 g/mol. The van der Waals surface area contributed by atoms with Crippen LogP contribution in [0.3, 0.4) is 0 Å². The minimum Gasteiger partial charge on any atom is -0.389 e. The molecule has 3 rings (SSSR count). The fourth-order valence-electron chi connectivity index (χ4n) is 4.66. The average molecular weight is 427 g/mol. The number of carbonyl (C=O) groups is 1. The molecule has 1 N–H and O–H groups in total. The smallest absolute Gasteiger partial charge is 0.254 e. The van der Waals surface area contributed by atoms with Crippen molar-refractivity contribution < 1.29 is 9.90 Å². The van der Waals surface area contributed by atoms with Gasteiger partial charge in [-0.3, -0.25) is 14.4 Å². The standard InChI is InChI=1S/C25H38N4O2/c1-7-22-16-28(23(8-2)15-27(22)17-25(5,6)31)24(30)21-11-9-10-20(13-21)14-29-19(4)12-18(3)26-29/h9-13,22-23,31H,7-8,14-17H2,1-6H3/t22-,23+/m1/s1. The third-order valence-electron chi connectivity index (χ3n) is 6.21. The number of benzene rings is 1. The summed E-state index contributed by atoms with van der Waals surface area (Å²) in [6, 6.07) is 10.4. The molecule has 0 aliphatic carbocycles. The van der Waals surface area contributed by atoms with Gasteiger partial charge in [0.1, 0.15) is 0 Å². The summed E-state index contributed by atoms with van der Waals surface area (Å²) in [5.41, 5.74) is 3.20. The van der Waals surface area contributed by atoms with Gasteiger partial charge >= 0.3 is 0 Å². The zero-order valence-corrected chi connectivity index (χ0v) is 19.9. The second kappa shape index (κ2) is 9.53. The number of rotatable bonds is 7. The van der Waals surface area contributed by atoms with Crippen molar-refractivity contribution in [3.8, 4) is 0 Å². The topological polar surface area (TPSA) is 61.6 Å². The van der Waals surface area contributed by atoms with Crippen LogP contribution >= 0.6 is 0 Å². The maximum Gasteiger partial charge on any atom is 0.254 e. The van der Waals surface area contributed by atoms with Crippen LogP contribution in [0.25, 0.3) is 0 Å². The summed E-state index contributed by atoms with van der Waals surface area (Å²) in [5, 5.41) is 14.9. The van der Waals surface area contributed by atoms with E-state index in [-0.39, 0.29) is 18.0 Å². The van der Waals surface area contributed by atoms with Gasteiger partial charge in [-0.05, 0) is 64.3 Å². The van der Waals surface area contributed by atoms with Crippen LogP contribution in [0.4, 0.5) is 0 Å². The van der Waals surface area contributed by atoms with Gasteiger partial charge in [-0.25, -0.2) is 0 Å². The Hall–Kier alpha value is -2.18. The lowest BCUT2D eigenvalue weighted by Crippen LogP contribution is -2.61. The van der Waals surface area contributed by atoms with E-state index in [0.717, 1.165) is 41.9 Å². The molecule has 1 aromatic carbocycles. The summed E-state index contributed by atoms with van der Waals surface area (Å²) in [4.78, 5) is 17.9. The molecule has 0 bridgehead atoms. The molecule has 1 aliphatic heterocycles. The number of amides is 1. The summed E-state index contributed by atoms with van der Waals surface area (Å²) < 4.78 is 1.98. The molecule has 0 spiro atoms. The van der Waals surface area contributed by atoms with Crippen molar-refractivity contribution in [3.63, 3.8) is 0 Å². The van der Waals surface area contributed by atoms with Crippen LogP contribution in [0.2, 0.25) is 0 Å². The number of hydrogen-bond acceptors (Lipinski definition) is 4. The molecule has 2 atom stereocenters. The van der Waals surface area contributed by atoms with E-state index in [4.69, 9.17) is 0 Å². The van der Waals surface area contributed by atoms with E-state index in [9.17, 15) is 9.90 Å². The van der Waals surface area contributed by atoms with Crippen molar-refractivity contribution in [1.29, 1.82) is 0 Å². The Labute approximate surface area is 186 Å².